The average molecular weight is 477 g/mol. The van der Waals surface area contributed by atoms with Gasteiger partial charge in [-0.2, -0.15) is 5.10 Å². The van der Waals surface area contributed by atoms with Crippen LogP contribution in [-0.2, 0) is 13.0 Å². The van der Waals surface area contributed by atoms with Crippen LogP contribution in [0, 0.1) is 5.82 Å². The van der Waals surface area contributed by atoms with Crippen LogP contribution in [0.2, 0.25) is 0 Å². The number of carbonyl (C=O) groups is 1. The molecule has 7 heteroatoms. The van der Waals surface area contributed by atoms with Crippen LogP contribution in [0.15, 0.2) is 85.1 Å². The third-order valence-corrected chi connectivity index (χ3v) is 6.47. The van der Waals surface area contributed by atoms with Crippen molar-refractivity contribution in [2.75, 3.05) is 0 Å². The van der Waals surface area contributed by atoms with Crippen molar-refractivity contribution in [2.45, 2.75) is 13.0 Å². The SMILES string of the molecule is O=C(NCc1ccccn1)c1ccc2c(c1)Cc1c(-c3ccc(-c4ccc(O)c(F)c4)cc3)n[nH]c1-2. The number of nitrogens with zero attached hydrogens (tertiary/aromatic N) is 2. The Morgan fingerprint density at radius 3 is 2.56 bits per heavy atom. The summed E-state index contributed by atoms with van der Waals surface area (Å²) in [7, 11) is 0. The maximum absolute atomic E-state index is 13.8. The topological polar surface area (TPSA) is 90.9 Å². The lowest BCUT2D eigenvalue weighted by molar-refractivity contribution is 0.0950. The van der Waals surface area contributed by atoms with Crippen molar-refractivity contribution in [1.29, 1.82) is 0 Å². The number of hydrogen-bond acceptors (Lipinski definition) is 4. The number of aromatic hydroxyl groups is 1. The number of fused-ring (bicyclic) bond motifs is 3. The zero-order valence-corrected chi connectivity index (χ0v) is 19.1. The summed E-state index contributed by atoms with van der Waals surface area (Å²) >= 11 is 0. The van der Waals surface area contributed by atoms with Gasteiger partial charge in [0, 0.05) is 34.9 Å². The number of nitrogens with one attached hydrogen (secondary N) is 2. The van der Waals surface area contributed by atoms with Crippen LogP contribution in [0.3, 0.4) is 0 Å². The third kappa shape index (κ3) is 3.90. The number of phenolic OH excluding ortho intramolecular Hbond substituents is 1. The molecule has 3 N–H and O–H groups in total. The summed E-state index contributed by atoms with van der Waals surface area (Å²) in [5.41, 5.74) is 8.89. The van der Waals surface area contributed by atoms with Gasteiger partial charge in [-0.15, -0.1) is 0 Å². The second kappa shape index (κ2) is 8.78. The van der Waals surface area contributed by atoms with Crippen molar-refractivity contribution >= 4 is 5.91 Å². The van der Waals surface area contributed by atoms with Gasteiger partial charge in [0.15, 0.2) is 11.6 Å². The Labute approximate surface area is 206 Å². The largest absolute Gasteiger partial charge is 0.505 e. The van der Waals surface area contributed by atoms with E-state index in [9.17, 15) is 14.3 Å². The number of rotatable bonds is 5. The standard InChI is InChI=1S/C29H21FN4O2/c30-25-15-19(9-11-26(25)35)17-4-6-18(7-5-17)27-24-14-21-13-20(8-10-23(21)28(24)34-33-27)29(36)32-16-22-3-1-2-12-31-22/h1-13,15,35H,14,16H2,(H,32,36)(H,33,34). The van der Waals surface area contributed by atoms with Gasteiger partial charge in [-0.1, -0.05) is 42.5 Å². The number of aromatic nitrogens is 3. The molecule has 0 radical (unpaired) electrons. The molecule has 0 saturated carbocycles. The molecule has 6 rings (SSSR count). The minimum atomic E-state index is -0.649. The highest BCUT2D eigenvalue weighted by atomic mass is 19.1. The van der Waals surface area contributed by atoms with Crippen LogP contribution in [-0.4, -0.2) is 26.2 Å². The molecule has 0 bridgehead atoms. The normalized spacial score (nSPS) is 11.7. The Morgan fingerprint density at radius 2 is 1.78 bits per heavy atom. The minimum Gasteiger partial charge on any atom is -0.505 e. The number of aromatic amines is 1. The first-order valence-electron chi connectivity index (χ1n) is 11.5. The lowest BCUT2D eigenvalue weighted by atomic mass is 10.0. The maximum Gasteiger partial charge on any atom is 0.251 e. The fourth-order valence-corrected chi connectivity index (χ4v) is 4.60. The van der Waals surface area contributed by atoms with Crippen molar-refractivity contribution in [1.82, 2.24) is 20.5 Å². The Morgan fingerprint density at radius 1 is 0.972 bits per heavy atom. The van der Waals surface area contributed by atoms with Crippen molar-refractivity contribution in [3.05, 3.63) is 113 Å². The zero-order chi connectivity index (χ0) is 24.6. The fraction of sp³-hybridized carbons (Fsp3) is 0.0690. The summed E-state index contributed by atoms with van der Waals surface area (Å²) in [6.07, 6.45) is 2.37. The molecule has 6 nitrogen and oxygen atoms in total. The summed E-state index contributed by atoms with van der Waals surface area (Å²) in [4.78, 5) is 16.9. The molecule has 0 unspecified atom stereocenters. The Kier molecular flexibility index (Phi) is 5.30. The average Bonchev–Trinajstić information content (AvgIpc) is 3.48. The second-order valence-corrected chi connectivity index (χ2v) is 8.72. The highest BCUT2D eigenvalue weighted by Gasteiger charge is 2.26. The van der Waals surface area contributed by atoms with Crippen molar-refractivity contribution in [2.24, 2.45) is 0 Å². The van der Waals surface area contributed by atoms with Gasteiger partial charge < -0.3 is 10.4 Å². The molecular weight excluding hydrogens is 455 g/mol. The van der Waals surface area contributed by atoms with Gasteiger partial charge >= 0.3 is 0 Å². The predicted octanol–water partition coefficient (Wildman–Crippen LogP) is 5.48. The van der Waals surface area contributed by atoms with Crippen LogP contribution in [0.1, 0.15) is 27.2 Å². The minimum absolute atomic E-state index is 0.140. The molecule has 176 valence electrons. The van der Waals surface area contributed by atoms with Crippen molar-refractivity contribution in [3.63, 3.8) is 0 Å². The number of pyridine rings is 1. The molecule has 5 aromatic rings. The van der Waals surface area contributed by atoms with Gasteiger partial charge in [0.05, 0.1) is 23.6 Å². The molecule has 1 aliphatic rings. The fourth-order valence-electron chi connectivity index (χ4n) is 4.60. The molecule has 3 aromatic carbocycles. The van der Waals surface area contributed by atoms with E-state index in [-0.39, 0.29) is 11.7 Å². The third-order valence-electron chi connectivity index (χ3n) is 6.47. The van der Waals surface area contributed by atoms with E-state index in [1.807, 2.05) is 60.7 Å². The van der Waals surface area contributed by atoms with E-state index in [4.69, 9.17) is 0 Å². The van der Waals surface area contributed by atoms with Crippen LogP contribution >= 0.6 is 0 Å². The maximum atomic E-state index is 13.8. The molecule has 0 spiro atoms. The predicted molar refractivity (Wildman–Crippen MR) is 135 cm³/mol. The summed E-state index contributed by atoms with van der Waals surface area (Å²) < 4.78 is 13.8. The first kappa shape index (κ1) is 21.7. The van der Waals surface area contributed by atoms with Gasteiger partial charge in [-0.25, -0.2) is 4.39 Å². The number of amides is 1. The van der Waals surface area contributed by atoms with E-state index < -0.39 is 5.82 Å². The molecule has 2 heterocycles. The first-order valence-corrected chi connectivity index (χ1v) is 11.5. The second-order valence-electron chi connectivity index (χ2n) is 8.72. The Balaban J connectivity index is 1.21. The molecule has 2 aromatic heterocycles. The monoisotopic (exact) mass is 476 g/mol. The van der Waals surface area contributed by atoms with Gasteiger partial charge in [-0.05, 0) is 53.1 Å². The molecule has 0 atom stereocenters. The summed E-state index contributed by atoms with van der Waals surface area (Å²) in [6, 6.07) is 23.4. The lowest BCUT2D eigenvalue weighted by Gasteiger charge is -2.07. The van der Waals surface area contributed by atoms with E-state index in [1.54, 1.807) is 12.3 Å². The number of halogens is 1. The first-order chi connectivity index (χ1) is 17.6. The highest BCUT2D eigenvalue weighted by molar-refractivity contribution is 5.95. The van der Waals surface area contributed by atoms with Crippen LogP contribution in [0.4, 0.5) is 4.39 Å². The lowest BCUT2D eigenvalue weighted by Crippen LogP contribution is -2.23. The summed E-state index contributed by atoms with van der Waals surface area (Å²) in [5.74, 6) is -1.15. The highest BCUT2D eigenvalue weighted by Crippen LogP contribution is 2.40. The van der Waals surface area contributed by atoms with Crippen LogP contribution in [0.25, 0.3) is 33.6 Å². The zero-order valence-electron chi connectivity index (χ0n) is 19.1. The number of carbonyl (C=O) groups excluding carboxylic acids is 1. The molecule has 1 aliphatic carbocycles. The Hall–Kier alpha value is -4.78. The van der Waals surface area contributed by atoms with Crippen LogP contribution in [0.5, 0.6) is 5.75 Å². The van der Waals surface area contributed by atoms with E-state index in [2.05, 4.69) is 20.5 Å². The molecule has 1 amide bonds. The number of H-pyrrole nitrogens is 1. The number of hydrogen-bond donors (Lipinski definition) is 3. The summed E-state index contributed by atoms with van der Waals surface area (Å²) in [6.45, 7) is 0.372. The van der Waals surface area contributed by atoms with Gasteiger partial charge in [0.1, 0.15) is 0 Å². The Bertz CT molecular complexity index is 1590. The van der Waals surface area contributed by atoms with E-state index >= 15 is 0 Å². The molecule has 0 aliphatic heterocycles. The molecule has 0 fully saturated rings. The summed E-state index contributed by atoms with van der Waals surface area (Å²) in [5, 5.41) is 20.1. The van der Waals surface area contributed by atoms with Gasteiger partial charge in [0.2, 0.25) is 0 Å². The van der Waals surface area contributed by atoms with Crippen molar-refractivity contribution in [3.8, 4) is 39.4 Å². The molecule has 36 heavy (non-hydrogen) atoms. The number of benzene rings is 3. The van der Waals surface area contributed by atoms with Gasteiger partial charge in [-0.3, -0.25) is 14.9 Å². The van der Waals surface area contributed by atoms with E-state index in [1.165, 1.54) is 12.1 Å². The van der Waals surface area contributed by atoms with E-state index in [0.717, 1.165) is 44.9 Å². The molecular formula is C29H21FN4O2. The quantitative estimate of drug-likeness (QED) is 0.307. The van der Waals surface area contributed by atoms with E-state index in [0.29, 0.717) is 24.1 Å². The smallest absolute Gasteiger partial charge is 0.251 e. The van der Waals surface area contributed by atoms with Crippen molar-refractivity contribution < 1.29 is 14.3 Å². The number of phenols is 1. The van der Waals surface area contributed by atoms with Gasteiger partial charge in [0.25, 0.3) is 5.91 Å². The van der Waals surface area contributed by atoms with Crippen LogP contribution < -0.4 is 5.32 Å². The molecule has 0 saturated heterocycles.